The quantitative estimate of drug-likeness (QED) is 0.714. The molecule has 0 fully saturated rings. The maximum Gasteiger partial charge on any atom is 0.148 e. The van der Waals surface area contributed by atoms with Crippen LogP contribution in [-0.2, 0) is 0 Å². The molecule has 1 heterocycles. The Morgan fingerprint density at radius 3 is 3.14 bits per heavy atom. The Hall–Kier alpha value is -1.88. The number of rotatable bonds is 2. The van der Waals surface area contributed by atoms with Gasteiger partial charge in [-0.25, -0.2) is 0 Å². The molecular formula is C12H11NO. The molecule has 0 saturated carbocycles. The summed E-state index contributed by atoms with van der Waals surface area (Å²) >= 11 is 0. The van der Waals surface area contributed by atoms with E-state index in [9.17, 15) is 0 Å². The van der Waals surface area contributed by atoms with Gasteiger partial charge in [-0.3, -0.25) is 0 Å². The molecule has 0 aliphatic heterocycles. The maximum atomic E-state index is 5.36. The standard InChI is InChI=1S/C12H11NO/c1-3-6-14-11-7-9(2)12-10(8-11)4-5-13-12/h1,4-5,7-8,13H,6H2,2H3. The van der Waals surface area contributed by atoms with E-state index < -0.39 is 0 Å². The Balaban J connectivity index is 2.44. The molecule has 1 aromatic carbocycles. The van der Waals surface area contributed by atoms with Gasteiger partial charge in [0.2, 0.25) is 0 Å². The van der Waals surface area contributed by atoms with Gasteiger partial charge in [0, 0.05) is 17.1 Å². The summed E-state index contributed by atoms with van der Waals surface area (Å²) in [6, 6.07) is 5.98. The minimum Gasteiger partial charge on any atom is -0.481 e. The van der Waals surface area contributed by atoms with Crippen LogP contribution in [0.2, 0.25) is 0 Å². The highest BCUT2D eigenvalue weighted by molar-refractivity contribution is 5.83. The Morgan fingerprint density at radius 2 is 2.36 bits per heavy atom. The molecule has 0 aliphatic rings. The van der Waals surface area contributed by atoms with Crippen LogP contribution in [0.1, 0.15) is 5.56 Å². The molecule has 0 saturated heterocycles. The highest BCUT2D eigenvalue weighted by Gasteiger charge is 2.01. The summed E-state index contributed by atoms with van der Waals surface area (Å²) in [5.41, 5.74) is 2.32. The average Bonchev–Trinajstić information content (AvgIpc) is 2.63. The van der Waals surface area contributed by atoms with Gasteiger partial charge in [-0.05, 0) is 30.7 Å². The van der Waals surface area contributed by atoms with Crippen molar-refractivity contribution >= 4 is 10.9 Å². The molecule has 14 heavy (non-hydrogen) atoms. The van der Waals surface area contributed by atoms with Crippen molar-refractivity contribution in [1.29, 1.82) is 0 Å². The van der Waals surface area contributed by atoms with Crippen LogP contribution >= 0.6 is 0 Å². The minimum absolute atomic E-state index is 0.315. The van der Waals surface area contributed by atoms with E-state index in [1.807, 2.05) is 31.3 Å². The van der Waals surface area contributed by atoms with Gasteiger partial charge < -0.3 is 9.72 Å². The average molecular weight is 185 g/mol. The summed E-state index contributed by atoms with van der Waals surface area (Å²) < 4.78 is 5.36. The highest BCUT2D eigenvalue weighted by Crippen LogP contribution is 2.23. The van der Waals surface area contributed by atoms with Crippen molar-refractivity contribution in [3.8, 4) is 18.1 Å². The number of aromatic amines is 1. The number of nitrogens with one attached hydrogen (secondary N) is 1. The topological polar surface area (TPSA) is 25.0 Å². The predicted molar refractivity (Wildman–Crippen MR) is 57.4 cm³/mol. The zero-order valence-electron chi connectivity index (χ0n) is 8.00. The summed E-state index contributed by atoms with van der Waals surface area (Å²) in [7, 11) is 0. The Labute approximate surface area is 82.9 Å². The third kappa shape index (κ3) is 1.45. The lowest BCUT2D eigenvalue weighted by Crippen LogP contribution is -1.93. The number of benzene rings is 1. The number of aryl methyl sites for hydroxylation is 1. The second-order valence-electron chi connectivity index (χ2n) is 3.17. The molecular weight excluding hydrogens is 174 g/mol. The fourth-order valence-electron chi connectivity index (χ4n) is 1.53. The molecule has 2 heteroatoms. The first-order valence-electron chi connectivity index (χ1n) is 4.45. The molecule has 0 unspecified atom stereocenters. The van der Waals surface area contributed by atoms with Gasteiger partial charge in [0.1, 0.15) is 12.4 Å². The van der Waals surface area contributed by atoms with Crippen LogP contribution in [0.25, 0.3) is 10.9 Å². The molecule has 0 aliphatic carbocycles. The van der Waals surface area contributed by atoms with E-state index >= 15 is 0 Å². The van der Waals surface area contributed by atoms with Crippen molar-refractivity contribution in [2.75, 3.05) is 6.61 Å². The van der Waals surface area contributed by atoms with E-state index in [0.29, 0.717) is 6.61 Å². The first-order chi connectivity index (χ1) is 6.81. The molecule has 0 radical (unpaired) electrons. The largest absolute Gasteiger partial charge is 0.481 e. The van der Waals surface area contributed by atoms with Crippen LogP contribution in [0.5, 0.6) is 5.75 Å². The van der Waals surface area contributed by atoms with Gasteiger partial charge in [0.15, 0.2) is 0 Å². The molecule has 0 spiro atoms. The van der Waals surface area contributed by atoms with E-state index in [4.69, 9.17) is 11.2 Å². The van der Waals surface area contributed by atoms with Gasteiger partial charge in [-0.2, -0.15) is 0 Å². The van der Waals surface area contributed by atoms with E-state index in [1.54, 1.807) is 0 Å². The minimum atomic E-state index is 0.315. The summed E-state index contributed by atoms with van der Waals surface area (Å²) in [6.07, 6.45) is 7.05. The predicted octanol–water partition coefficient (Wildman–Crippen LogP) is 2.49. The Morgan fingerprint density at radius 1 is 1.50 bits per heavy atom. The van der Waals surface area contributed by atoms with Crippen molar-refractivity contribution in [1.82, 2.24) is 4.98 Å². The molecule has 0 amide bonds. The zero-order chi connectivity index (χ0) is 9.97. The molecule has 70 valence electrons. The second kappa shape index (κ2) is 3.47. The van der Waals surface area contributed by atoms with Gasteiger partial charge in [0.05, 0.1) is 0 Å². The number of ether oxygens (including phenoxy) is 1. The van der Waals surface area contributed by atoms with E-state index in [2.05, 4.69) is 10.9 Å². The first-order valence-corrected chi connectivity index (χ1v) is 4.45. The van der Waals surface area contributed by atoms with Crippen molar-refractivity contribution in [2.24, 2.45) is 0 Å². The summed E-state index contributed by atoms with van der Waals surface area (Å²) in [4.78, 5) is 3.18. The van der Waals surface area contributed by atoms with E-state index in [0.717, 1.165) is 16.7 Å². The highest BCUT2D eigenvalue weighted by atomic mass is 16.5. The smallest absolute Gasteiger partial charge is 0.148 e. The monoisotopic (exact) mass is 185 g/mol. The Kier molecular flexibility index (Phi) is 2.16. The third-order valence-corrected chi connectivity index (χ3v) is 2.15. The van der Waals surface area contributed by atoms with Crippen LogP contribution in [0, 0.1) is 19.3 Å². The molecule has 2 nitrogen and oxygen atoms in total. The van der Waals surface area contributed by atoms with Crippen LogP contribution in [0.15, 0.2) is 24.4 Å². The SMILES string of the molecule is C#CCOc1cc(C)c2[nH]ccc2c1. The summed E-state index contributed by atoms with van der Waals surface area (Å²) in [6.45, 7) is 2.36. The second-order valence-corrected chi connectivity index (χ2v) is 3.17. The van der Waals surface area contributed by atoms with Gasteiger partial charge >= 0.3 is 0 Å². The van der Waals surface area contributed by atoms with Crippen LogP contribution in [-0.4, -0.2) is 11.6 Å². The summed E-state index contributed by atoms with van der Waals surface area (Å²) in [5, 5.41) is 1.15. The molecule has 0 bridgehead atoms. The van der Waals surface area contributed by atoms with Gasteiger partial charge in [-0.15, -0.1) is 6.42 Å². The number of hydrogen-bond acceptors (Lipinski definition) is 1. The zero-order valence-corrected chi connectivity index (χ0v) is 8.00. The first kappa shape index (κ1) is 8.71. The number of hydrogen-bond donors (Lipinski definition) is 1. The molecule has 1 aromatic heterocycles. The molecule has 2 rings (SSSR count). The lowest BCUT2D eigenvalue weighted by Gasteiger charge is -2.04. The van der Waals surface area contributed by atoms with Crippen molar-refractivity contribution in [3.63, 3.8) is 0 Å². The van der Waals surface area contributed by atoms with Crippen LogP contribution in [0.3, 0.4) is 0 Å². The summed E-state index contributed by atoms with van der Waals surface area (Å²) in [5.74, 6) is 3.27. The fraction of sp³-hybridized carbons (Fsp3) is 0.167. The van der Waals surface area contributed by atoms with E-state index in [-0.39, 0.29) is 0 Å². The lowest BCUT2D eigenvalue weighted by molar-refractivity contribution is 0.370. The van der Waals surface area contributed by atoms with Crippen molar-refractivity contribution in [2.45, 2.75) is 6.92 Å². The van der Waals surface area contributed by atoms with Crippen molar-refractivity contribution < 1.29 is 4.74 Å². The van der Waals surface area contributed by atoms with E-state index in [1.165, 1.54) is 5.56 Å². The molecule has 0 atom stereocenters. The fourth-order valence-corrected chi connectivity index (χ4v) is 1.53. The van der Waals surface area contributed by atoms with Gasteiger partial charge in [0.25, 0.3) is 0 Å². The lowest BCUT2D eigenvalue weighted by atomic mass is 10.1. The number of fused-ring (bicyclic) bond motifs is 1. The van der Waals surface area contributed by atoms with Crippen molar-refractivity contribution in [3.05, 3.63) is 30.0 Å². The number of aromatic nitrogens is 1. The molecule has 1 N–H and O–H groups in total. The van der Waals surface area contributed by atoms with Gasteiger partial charge in [-0.1, -0.05) is 5.92 Å². The van der Waals surface area contributed by atoms with Crippen LogP contribution < -0.4 is 4.74 Å². The number of H-pyrrole nitrogens is 1. The maximum absolute atomic E-state index is 5.36. The third-order valence-electron chi connectivity index (χ3n) is 2.15. The molecule has 2 aromatic rings. The normalized spacial score (nSPS) is 10.0. The van der Waals surface area contributed by atoms with Crippen LogP contribution in [0.4, 0.5) is 0 Å². The Bertz CT molecular complexity index is 490. The number of terminal acetylenes is 1.